The monoisotopic (exact) mass is 353 g/mol. The van der Waals surface area contributed by atoms with Crippen molar-refractivity contribution in [3.8, 4) is 11.3 Å². The second-order valence-corrected chi connectivity index (χ2v) is 7.71. The van der Waals surface area contributed by atoms with Gasteiger partial charge < -0.3 is 4.90 Å². The Balaban J connectivity index is 1.36. The maximum Gasteiger partial charge on any atom is 0.185 e. The predicted octanol–water partition coefficient (Wildman–Crippen LogP) is 3.77. The molecule has 2 aromatic heterocycles. The number of thiazole rings is 1. The number of nitrogens with zero attached hydrogens (tertiary/aromatic N) is 4. The van der Waals surface area contributed by atoms with Crippen molar-refractivity contribution in [2.24, 2.45) is 0 Å². The van der Waals surface area contributed by atoms with Crippen LogP contribution in [0.1, 0.15) is 23.4 Å². The third-order valence-electron chi connectivity index (χ3n) is 4.48. The molecule has 25 heavy (non-hydrogen) atoms. The molecular weight excluding hydrogens is 330 g/mol. The van der Waals surface area contributed by atoms with Crippen LogP contribution in [0.3, 0.4) is 0 Å². The van der Waals surface area contributed by atoms with E-state index in [1.54, 1.807) is 0 Å². The van der Waals surface area contributed by atoms with Crippen LogP contribution in [-0.4, -0.2) is 40.2 Å². The molecule has 1 aromatic carbocycles. The molecule has 0 amide bonds. The zero-order valence-electron chi connectivity index (χ0n) is 14.5. The molecule has 1 aliphatic rings. The molecule has 6 heteroatoms. The average molecular weight is 353 g/mol. The van der Waals surface area contributed by atoms with Crippen molar-refractivity contribution >= 4 is 16.5 Å². The van der Waals surface area contributed by atoms with E-state index in [9.17, 15) is 0 Å². The minimum atomic E-state index is 0.844. The van der Waals surface area contributed by atoms with Gasteiger partial charge >= 0.3 is 0 Å². The van der Waals surface area contributed by atoms with E-state index >= 15 is 0 Å². The summed E-state index contributed by atoms with van der Waals surface area (Å²) in [6.45, 7) is 4.06. The Kier molecular flexibility index (Phi) is 4.81. The van der Waals surface area contributed by atoms with E-state index in [1.807, 2.05) is 35.7 Å². The first kappa shape index (κ1) is 16.3. The van der Waals surface area contributed by atoms with Gasteiger partial charge in [0.15, 0.2) is 5.13 Å². The Morgan fingerprint density at radius 2 is 1.96 bits per heavy atom. The molecule has 3 heterocycles. The van der Waals surface area contributed by atoms with Crippen LogP contribution in [0.25, 0.3) is 11.3 Å². The van der Waals surface area contributed by atoms with E-state index in [1.165, 1.54) is 22.9 Å². The SMILES string of the molecule is CN(Cc1cc(-c2ccccc2)n[nH]1)Cc1cnc(N2CCCC2)s1. The molecule has 0 bridgehead atoms. The molecule has 0 spiro atoms. The smallest absolute Gasteiger partial charge is 0.185 e. The minimum absolute atomic E-state index is 0.844. The van der Waals surface area contributed by atoms with E-state index < -0.39 is 0 Å². The van der Waals surface area contributed by atoms with Gasteiger partial charge in [-0.1, -0.05) is 30.3 Å². The first-order valence-electron chi connectivity index (χ1n) is 8.76. The van der Waals surface area contributed by atoms with Crippen LogP contribution in [0, 0.1) is 0 Å². The van der Waals surface area contributed by atoms with Crippen molar-refractivity contribution in [1.82, 2.24) is 20.1 Å². The van der Waals surface area contributed by atoms with Gasteiger partial charge in [0.1, 0.15) is 0 Å². The highest BCUT2D eigenvalue weighted by molar-refractivity contribution is 7.15. The first-order chi connectivity index (χ1) is 12.3. The summed E-state index contributed by atoms with van der Waals surface area (Å²) in [5, 5.41) is 8.77. The highest BCUT2D eigenvalue weighted by Crippen LogP contribution is 2.26. The van der Waals surface area contributed by atoms with Gasteiger partial charge in [-0.2, -0.15) is 5.10 Å². The van der Waals surface area contributed by atoms with Crippen molar-refractivity contribution in [3.05, 3.63) is 53.2 Å². The van der Waals surface area contributed by atoms with Gasteiger partial charge in [-0.25, -0.2) is 4.98 Å². The molecule has 5 nitrogen and oxygen atoms in total. The summed E-state index contributed by atoms with van der Waals surface area (Å²) in [6, 6.07) is 12.4. The van der Waals surface area contributed by atoms with E-state index in [0.29, 0.717) is 0 Å². The normalized spacial score (nSPS) is 14.6. The molecule has 0 unspecified atom stereocenters. The molecule has 130 valence electrons. The van der Waals surface area contributed by atoms with Gasteiger partial charge in [-0.05, 0) is 26.0 Å². The van der Waals surface area contributed by atoms with Gasteiger partial charge in [0.2, 0.25) is 0 Å². The van der Waals surface area contributed by atoms with Crippen molar-refractivity contribution in [1.29, 1.82) is 0 Å². The molecular formula is C19H23N5S. The van der Waals surface area contributed by atoms with Crippen molar-refractivity contribution in [3.63, 3.8) is 0 Å². The number of aromatic amines is 1. The molecule has 1 fully saturated rings. The summed E-state index contributed by atoms with van der Waals surface area (Å²) >= 11 is 1.82. The molecule has 1 N–H and O–H groups in total. The number of H-pyrrole nitrogens is 1. The third-order valence-corrected chi connectivity index (χ3v) is 5.53. The van der Waals surface area contributed by atoms with E-state index in [0.717, 1.165) is 43.1 Å². The van der Waals surface area contributed by atoms with E-state index in [-0.39, 0.29) is 0 Å². The van der Waals surface area contributed by atoms with Crippen molar-refractivity contribution in [2.75, 3.05) is 25.0 Å². The molecule has 0 aliphatic carbocycles. The van der Waals surface area contributed by atoms with Crippen LogP contribution in [0.4, 0.5) is 5.13 Å². The highest BCUT2D eigenvalue weighted by Gasteiger charge is 2.16. The van der Waals surface area contributed by atoms with Crippen LogP contribution >= 0.6 is 11.3 Å². The summed E-state index contributed by atoms with van der Waals surface area (Å²) in [5.41, 5.74) is 3.27. The third kappa shape index (κ3) is 3.91. The molecule has 0 atom stereocenters. The minimum Gasteiger partial charge on any atom is -0.348 e. The summed E-state index contributed by atoms with van der Waals surface area (Å²) in [5.74, 6) is 0. The lowest BCUT2D eigenvalue weighted by molar-refractivity contribution is 0.317. The summed E-state index contributed by atoms with van der Waals surface area (Å²) in [4.78, 5) is 10.6. The number of rotatable bonds is 6. The summed E-state index contributed by atoms with van der Waals surface area (Å²) in [7, 11) is 2.14. The van der Waals surface area contributed by atoms with Gasteiger partial charge in [0.05, 0.1) is 5.69 Å². The van der Waals surface area contributed by atoms with Gasteiger partial charge in [-0.15, -0.1) is 11.3 Å². The zero-order chi connectivity index (χ0) is 17.1. The van der Waals surface area contributed by atoms with E-state index in [2.05, 4.69) is 50.2 Å². The fourth-order valence-corrected chi connectivity index (χ4v) is 4.28. The maximum absolute atomic E-state index is 4.60. The number of hydrogen-bond donors (Lipinski definition) is 1. The molecule has 1 aliphatic heterocycles. The van der Waals surface area contributed by atoms with Crippen molar-refractivity contribution < 1.29 is 0 Å². The summed E-state index contributed by atoms with van der Waals surface area (Å²) in [6.07, 6.45) is 4.61. The zero-order valence-corrected chi connectivity index (χ0v) is 15.3. The van der Waals surface area contributed by atoms with Crippen molar-refractivity contribution in [2.45, 2.75) is 25.9 Å². The fraction of sp³-hybridized carbons (Fsp3) is 0.368. The lowest BCUT2D eigenvalue weighted by Crippen LogP contribution is -2.17. The topological polar surface area (TPSA) is 48.1 Å². The Labute approximate surface area is 152 Å². The molecule has 1 saturated heterocycles. The van der Waals surface area contributed by atoms with E-state index in [4.69, 9.17) is 0 Å². The first-order valence-corrected chi connectivity index (χ1v) is 9.57. The molecule has 4 rings (SSSR count). The lowest BCUT2D eigenvalue weighted by atomic mass is 10.1. The largest absolute Gasteiger partial charge is 0.348 e. The quantitative estimate of drug-likeness (QED) is 0.733. The van der Waals surface area contributed by atoms with Gasteiger partial charge in [0.25, 0.3) is 0 Å². The molecule has 0 radical (unpaired) electrons. The van der Waals surface area contributed by atoms with Crippen LogP contribution in [0.2, 0.25) is 0 Å². The number of aromatic nitrogens is 3. The number of anilines is 1. The van der Waals surface area contributed by atoms with Crippen LogP contribution in [-0.2, 0) is 13.1 Å². The van der Waals surface area contributed by atoms with Crippen LogP contribution < -0.4 is 4.90 Å². The maximum atomic E-state index is 4.60. The number of hydrogen-bond acceptors (Lipinski definition) is 5. The second-order valence-electron chi connectivity index (χ2n) is 6.62. The number of nitrogens with one attached hydrogen (secondary N) is 1. The highest BCUT2D eigenvalue weighted by atomic mass is 32.1. The van der Waals surface area contributed by atoms with Crippen LogP contribution in [0.15, 0.2) is 42.6 Å². The van der Waals surface area contributed by atoms with Gasteiger partial charge in [-0.3, -0.25) is 10.00 Å². The Hall–Kier alpha value is -2.18. The average Bonchev–Trinajstić information content (AvgIpc) is 3.37. The van der Waals surface area contributed by atoms with Gasteiger partial charge in [0, 0.05) is 48.5 Å². The Morgan fingerprint density at radius 1 is 1.16 bits per heavy atom. The predicted molar refractivity (Wildman–Crippen MR) is 103 cm³/mol. The molecule has 0 saturated carbocycles. The number of benzene rings is 1. The lowest BCUT2D eigenvalue weighted by Gasteiger charge is -2.14. The van der Waals surface area contributed by atoms with Crippen LogP contribution in [0.5, 0.6) is 0 Å². The second kappa shape index (κ2) is 7.37. The Morgan fingerprint density at radius 3 is 2.76 bits per heavy atom. The summed E-state index contributed by atoms with van der Waals surface area (Å²) < 4.78 is 0. The standard InChI is InChI=1S/C19H23N5S/c1-23(14-17-12-20-19(25-17)24-9-5-6-10-24)13-16-11-18(22-21-16)15-7-3-2-4-8-15/h2-4,7-8,11-12H,5-6,9-10,13-14H2,1H3,(H,21,22). The fourth-order valence-electron chi connectivity index (χ4n) is 3.24. The molecule has 3 aromatic rings. The Bertz CT molecular complexity index is 804.